The maximum absolute atomic E-state index is 12.5. The Kier molecular flexibility index (Phi) is 4.70. The van der Waals surface area contributed by atoms with Crippen molar-refractivity contribution in [3.05, 3.63) is 23.8 Å². The quantitative estimate of drug-likeness (QED) is 0.398. The maximum atomic E-state index is 12.5. The van der Waals surface area contributed by atoms with Gasteiger partial charge in [0.15, 0.2) is 0 Å². The number of amidine groups is 1. The fourth-order valence-corrected chi connectivity index (χ4v) is 1.72. The Morgan fingerprint density at radius 3 is 2.59 bits per heavy atom. The Labute approximate surface area is 106 Å². The van der Waals surface area contributed by atoms with Crippen LogP contribution < -0.4 is 5.73 Å². The molecule has 0 aliphatic heterocycles. The molecule has 0 spiro atoms. The fraction of sp³-hybridized carbons (Fsp3) is 0.300. The first-order valence-corrected chi connectivity index (χ1v) is 6.28. The second-order valence-electron chi connectivity index (χ2n) is 3.12. The molecule has 2 nitrogen and oxygen atoms in total. The maximum Gasteiger partial charge on any atom is 0.416 e. The van der Waals surface area contributed by atoms with Crippen molar-refractivity contribution < 1.29 is 13.2 Å². The SMILES string of the molecule is CSc1ccc(C(F)(F)F)cc1N=C(N)CCl. The van der Waals surface area contributed by atoms with Crippen LogP contribution in [0.15, 0.2) is 28.1 Å². The van der Waals surface area contributed by atoms with E-state index >= 15 is 0 Å². The Hall–Kier alpha value is -0.880. The van der Waals surface area contributed by atoms with Gasteiger partial charge in [0.05, 0.1) is 17.1 Å². The van der Waals surface area contributed by atoms with Crippen molar-refractivity contribution in [3.63, 3.8) is 0 Å². The molecule has 0 atom stereocenters. The average Bonchev–Trinajstić information content (AvgIpc) is 2.27. The van der Waals surface area contributed by atoms with Crippen LogP contribution in [0.4, 0.5) is 18.9 Å². The third-order valence-corrected chi connectivity index (χ3v) is 2.97. The largest absolute Gasteiger partial charge is 0.416 e. The molecule has 0 saturated carbocycles. The fourth-order valence-electron chi connectivity index (χ4n) is 1.14. The highest BCUT2D eigenvalue weighted by Gasteiger charge is 2.31. The number of benzene rings is 1. The minimum Gasteiger partial charge on any atom is -0.386 e. The number of nitrogens with two attached hydrogens (primary N) is 1. The highest BCUT2D eigenvalue weighted by atomic mass is 35.5. The molecule has 0 aliphatic carbocycles. The van der Waals surface area contributed by atoms with Crippen molar-refractivity contribution in [1.29, 1.82) is 0 Å². The van der Waals surface area contributed by atoms with Crippen LogP contribution in [0.25, 0.3) is 0 Å². The van der Waals surface area contributed by atoms with E-state index in [4.69, 9.17) is 17.3 Å². The van der Waals surface area contributed by atoms with Crippen molar-refractivity contribution in [2.24, 2.45) is 10.7 Å². The minimum absolute atomic E-state index is 0.0237. The number of aliphatic imine (C=N–C) groups is 1. The van der Waals surface area contributed by atoms with Crippen LogP contribution in [0.2, 0.25) is 0 Å². The van der Waals surface area contributed by atoms with Crippen LogP contribution in [0.1, 0.15) is 5.56 Å². The monoisotopic (exact) mass is 282 g/mol. The van der Waals surface area contributed by atoms with E-state index in [9.17, 15) is 13.2 Å². The van der Waals surface area contributed by atoms with Gasteiger partial charge in [0.25, 0.3) is 0 Å². The number of thioether (sulfide) groups is 1. The number of rotatable bonds is 3. The van der Waals surface area contributed by atoms with E-state index in [0.29, 0.717) is 4.90 Å². The molecule has 0 aliphatic rings. The predicted molar refractivity (Wildman–Crippen MR) is 65.2 cm³/mol. The van der Waals surface area contributed by atoms with Crippen molar-refractivity contribution >= 4 is 34.9 Å². The number of alkyl halides is 4. The standard InChI is InChI=1S/C10H10ClF3N2S/c1-17-8-3-2-6(10(12,13)14)4-7(8)16-9(15)5-11/h2-4H,5H2,1H3,(H2,15,16). The highest BCUT2D eigenvalue weighted by Crippen LogP contribution is 2.36. The second kappa shape index (κ2) is 5.64. The lowest BCUT2D eigenvalue weighted by atomic mass is 10.2. The molecule has 0 radical (unpaired) electrons. The molecule has 2 N–H and O–H groups in total. The van der Waals surface area contributed by atoms with E-state index in [1.54, 1.807) is 6.26 Å². The van der Waals surface area contributed by atoms with Gasteiger partial charge in [0, 0.05) is 4.90 Å². The second-order valence-corrected chi connectivity index (χ2v) is 4.24. The Balaban J connectivity index is 3.25. The summed E-state index contributed by atoms with van der Waals surface area (Å²) in [4.78, 5) is 4.48. The van der Waals surface area contributed by atoms with Gasteiger partial charge in [-0.2, -0.15) is 13.2 Å². The molecule has 7 heteroatoms. The van der Waals surface area contributed by atoms with Crippen LogP contribution in [0, 0.1) is 0 Å². The predicted octanol–water partition coefficient (Wildman–Crippen LogP) is 3.65. The molecule has 0 fully saturated rings. The Morgan fingerprint density at radius 1 is 1.47 bits per heavy atom. The summed E-state index contributed by atoms with van der Waals surface area (Å²) in [6.07, 6.45) is -2.64. The van der Waals surface area contributed by atoms with E-state index < -0.39 is 11.7 Å². The first-order valence-electron chi connectivity index (χ1n) is 4.52. The van der Waals surface area contributed by atoms with Gasteiger partial charge in [0.2, 0.25) is 0 Å². The van der Waals surface area contributed by atoms with Crippen LogP contribution >= 0.6 is 23.4 Å². The summed E-state index contributed by atoms with van der Waals surface area (Å²) in [7, 11) is 0. The molecule has 0 heterocycles. The van der Waals surface area contributed by atoms with E-state index in [1.165, 1.54) is 17.8 Å². The Bertz CT molecular complexity index is 432. The van der Waals surface area contributed by atoms with Gasteiger partial charge >= 0.3 is 6.18 Å². The molecule has 0 amide bonds. The summed E-state index contributed by atoms with van der Waals surface area (Å²) >= 11 is 6.74. The first kappa shape index (κ1) is 14.2. The summed E-state index contributed by atoms with van der Waals surface area (Å²) in [6, 6.07) is 3.35. The zero-order valence-electron chi connectivity index (χ0n) is 8.88. The molecule has 0 bridgehead atoms. The van der Waals surface area contributed by atoms with Crippen LogP contribution in [-0.4, -0.2) is 18.0 Å². The van der Waals surface area contributed by atoms with E-state index in [1.807, 2.05) is 0 Å². The summed E-state index contributed by atoms with van der Waals surface area (Å²) in [6.45, 7) is 0. The minimum atomic E-state index is -4.39. The topological polar surface area (TPSA) is 38.4 Å². The Morgan fingerprint density at radius 2 is 2.12 bits per heavy atom. The smallest absolute Gasteiger partial charge is 0.386 e. The normalized spacial score (nSPS) is 12.9. The summed E-state index contributed by atoms with van der Waals surface area (Å²) in [5.74, 6) is 0.0608. The third-order valence-electron chi connectivity index (χ3n) is 1.91. The molecule has 1 aromatic rings. The molecule has 1 aromatic carbocycles. The summed E-state index contributed by atoms with van der Waals surface area (Å²) < 4.78 is 37.5. The van der Waals surface area contributed by atoms with Crippen LogP contribution in [0.3, 0.4) is 0 Å². The molecule has 0 unspecified atom stereocenters. The lowest BCUT2D eigenvalue weighted by Gasteiger charge is -2.10. The molecular weight excluding hydrogens is 273 g/mol. The van der Waals surface area contributed by atoms with Crippen LogP contribution in [-0.2, 0) is 6.18 Å². The molecule has 17 heavy (non-hydrogen) atoms. The lowest BCUT2D eigenvalue weighted by molar-refractivity contribution is -0.137. The molecule has 0 aromatic heterocycles. The van der Waals surface area contributed by atoms with E-state index in [0.717, 1.165) is 12.1 Å². The van der Waals surface area contributed by atoms with Gasteiger partial charge in [-0.3, -0.25) is 0 Å². The molecule has 1 rings (SSSR count). The lowest BCUT2D eigenvalue weighted by Crippen LogP contribution is -2.12. The van der Waals surface area contributed by atoms with E-state index in [-0.39, 0.29) is 17.4 Å². The van der Waals surface area contributed by atoms with Crippen molar-refractivity contribution in [1.82, 2.24) is 0 Å². The molecule has 94 valence electrons. The number of hydrogen-bond acceptors (Lipinski definition) is 2. The number of halogens is 4. The van der Waals surface area contributed by atoms with Gasteiger partial charge in [-0.05, 0) is 24.5 Å². The number of hydrogen-bond donors (Lipinski definition) is 1. The van der Waals surface area contributed by atoms with Crippen molar-refractivity contribution in [2.75, 3.05) is 12.1 Å². The molecule has 0 saturated heterocycles. The van der Waals surface area contributed by atoms with Gasteiger partial charge in [0.1, 0.15) is 5.84 Å². The van der Waals surface area contributed by atoms with Gasteiger partial charge in [-0.15, -0.1) is 23.4 Å². The zero-order chi connectivity index (χ0) is 13.1. The van der Waals surface area contributed by atoms with Gasteiger partial charge in [-0.1, -0.05) is 0 Å². The van der Waals surface area contributed by atoms with Crippen molar-refractivity contribution in [3.8, 4) is 0 Å². The first-order chi connectivity index (χ1) is 7.88. The highest BCUT2D eigenvalue weighted by molar-refractivity contribution is 7.98. The van der Waals surface area contributed by atoms with E-state index in [2.05, 4.69) is 4.99 Å². The van der Waals surface area contributed by atoms with Crippen LogP contribution in [0.5, 0.6) is 0 Å². The average molecular weight is 283 g/mol. The number of nitrogens with zero attached hydrogens (tertiary/aromatic N) is 1. The van der Waals surface area contributed by atoms with Gasteiger partial charge in [-0.25, -0.2) is 4.99 Å². The van der Waals surface area contributed by atoms with Gasteiger partial charge < -0.3 is 5.73 Å². The molecular formula is C10H10ClF3N2S. The summed E-state index contributed by atoms with van der Waals surface area (Å²) in [5, 5.41) is 0. The zero-order valence-corrected chi connectivity index (χ0v) is 10.5. The van der Waals surface area contributed by atoms with Crippen molar-refractivity contribution in [2.45, 2.75) is 11.1 Å². The third kappa shape index (κ3) is 3.81. The summed E-state index contributed by atoms with van der Waals surface area (Å²) in [5.41, 5.74) is 4.85.